The molecule has 4 aromatic heterocycles. The minimum absolute atomic E-state index is 0.200. The van der Waals surface area contributed by atoms with E-state index in [0.717, 1.165) is 32.0 Å². The first-order chi connectivity index (χ1) is 12.0. The summed E-state index contributed by atoms with van der Waals surface area (Å²) in [7, 11) is 0. The highest BCUT2D eigenvalue weighted by molar-refractivity contribution is 14.1. The van der Waals surface area contributed by atoms with Gasteiger partial charge in [0.2, 0.25) is 0 Å². The molecule has 0 aliphatic carbocycles. The van der Waals surface area contributed by atoms with Gasteiger partial charge in [0.05, 0.1) is 12.2 Å². The molecule has 0 bridgehead atoms. The summed E-state index contributed by atoms with van der Waals surface area (Å²) in [5.74, 6) is 0.448. The maximum atomic E-state index is 5.99. The molecule has 0 fully saturated rings. The lowest BCUT2D eigenvalue weighted by Gasteiger charge is -2.02. The standard InChI is InChI=1S/C16H15IN8/c1-9(2)25-20-8-12(23-25)11-5-6-13-21-14(15(17)24(13)22-11)10-4-3-7-19-16(10)18/h3-9H,1-2H3,(H2,18,19). The zero-order valence-electron chi connectivity index (χ0n) is 13.6. The molecule has 4 heterocycles. The summed E-state index contributed by atoms with van der Waals surface area (Å²) >= 11 is 2.22. The number of fused-ring (bicyclic) bond motifs is 1. The number of anilines is 1. The van der Waals surface area contributed by atoms with Crippen molar-refractivity contribution in [3.63, 3.8) is 0 Å². The molecular weight excluding hydrogens is 431 g/mol. The van der Waals surface area contributed by atoms with E-state index in [-0.39, 0.29) is 6.04 Å². The van der Waals surface area contributed by atoms with Crippen molar-refractivity contribution in [1.29, 1.82) is 0 Å². The number of nitrogens with zero attached hydrogens (tertiary/aromatic N) is 7. The highest BCUT2D eigenvalue weighted by atomic mass is 127. The SMILES string of the molecule is CC(C)n1ncc(-c2ccc3nc(-c4cccnc4N)c(I)n3n2)n1. The van der Waals surface area contributed by atoms with Gasteiger partial charge < -0.3 is 5.73 Å². The zero-order valence-corrected chi connectivity index (χ0v) is 15.8. The van der Waals surface area contributed by atoms with Gasteiger partial charge in [-0.2, -0.15) is 20.1 Å². The maximum Gasteiger partial charge on any atom is 0.155 e. The van der Waals surface area contributed by atoms with Crippen LogP contribution in [0, 0.1) is 3.70 Å². The van der Waals surface area contributed by atoms with Crippen LogP contribution in [0.3, 0.4) is 0 Å². The molecule has 9 heteroatoms. The lowest BCUT2D eigenvalue weighted by molar-refractivity contribution is 0.467. The fourth-order valence-electron chi connectivity index (χ4n) is 2.47. The first-order valence-corrected chi connectivity index (χ1v) is 8.81. The van der Waals surface area contributed by atoms with Crippen LogP contribution in [0.2, 0.25) is 0 Å². The molecule has 0 radical (unpaired) electrons. The highest BCUT2D eigenvalue weighted by Crippen LogP contribution is 2.29. The highest BCUT2D eigenvalue weighted by Gasteiger charge is 2.17. The van der Waals surface area contributed by atoms with Crippen LogP contribution < -0.4 is 5.73 Å². The third-order valence-corrected chi connectivity index (χ3v) is 4.72. The van der Waals surface area contributed by atoms with Crippen LogP contribution in [0.1, 0.15) is 19.9 Å². The number of hydrogen-bond donors (Lipinski definition) is 1. The van der Waals surface area contributed by atoms with E-state index in [0.29, 0.717) is 5.82 Å². The lowest BCUT2D eigenvalue weighted by atomic mass is 10.2. The van der Waals surface area contributed by atoms with E-state index in [1.54, 1.807) is 21.7 Å². The number of imidazole rings is 1. The molecule has 0 aliphatic heterocycles. The Morgan fingerprint density at radius 1 is 1.12 bits per heavy atom. The second kappa shape index (κ2) is 6.06. The number of halogens is 1. The van der Waals surface area contributed by atoms with Crippen molar-refractivity contribution in [3.05, 3.63) is 40.4 Å². The molecule has 8 nitrogen and oxygen atoms in total. The smallest absolute Gasteiger partial charge is 0.155 e. The molecule has 25 heavy (non-hydrogen) atoms. The number of nitrogens with two attached hydrogens (primary N) is 1. The molecule has 0 saturated heterocycles. The summed E-state index contributed by atoms with van der Waals surface area (Å²) in [6.07, 6.45) is 3.38. The van der Waals surface area contributed by atoms with E-state index in [1.165, 1.54) is 0 Å². The summed E-state index contributed by atoms with van der Waals surface area (Å²) in [6.45, 7) is 4.06. The fourth-order valence-corrected chi connectivity index (χ4v) is 3.24. The summed E-state index contributed by atoms with van der Waals surface area (Å²) < 4.78 is 2.65. The largest absolute Gasteiger partial charge is 0.383 e. The topological polar surface area (TPSA) is 99.8 Å². The Balaban J connectivity index is 1.83. The fraction of sp³-hybridized carbons (Fsp3) is 0.188. The van der Waals surface area contributed by atoms with Gasteiger partial charge in [-0.1, -0.05) is 0 Å². The molecule has 0 atom stereocenters. The van der Waals surface area contributed by atoms with E-state index in [1.807, 2.05) is 38.1 Å². The van der Waals surface area contributed by atoms with Crippen LogP contribution in [0.25, 0.3) is 28.3 Å². The Morgan fingerprint density at radius 3 is 2.68 bits per heavy atom. The molecule has 0 unspecified atom stereocenters. The minimum atomic E-state index is 0.200. The molecule has 0 amide bonds. The van der Waals surface area contributed by atoms with Gasteiger partial charge in [-0.15, -0.1) is 0 Å². The first-order valence-electron chi connectivity index (χ1n) is 7.73. The Hall–Kier alpha value is -2.56. The number of pyridine rings is 1. The summed E-state index contributed by atoms with van der Waals surface area (Å²) in [4.78, 5) is 10.4. The van der Waals surface area contributed by atoms with Crippen molar-refractivity contribution in [2.45, 2.75) is 19.9 Å². The monoisotopic (exact) mass is 446 g/mol. The Kier molecular flexibility index (Phi) is 3.86. The van der Waals surface area contributed by atoms with Crippen LogP contribution in [0.15, 0.2) is 36.7 Å². The van der Waals surface area contributed by atoms with Gasteiger partial charge in [0, 0.05) is 11.8 Å². The summed E-state index contributed by atoms with van der Waals surface area (Å²) in [5.41, 5.74) is 9.75. The van der Waals surface area contributed by atoms with Crippen LogP contribution in [0.4, 0.5) is 5.82 Å². The molecule has 0 saturated carbocycles. The van der Waals surface area contributed by atoms with Crippen molar-refractivity contribution >= 4 is 34.1 Å². The number of hydrogen-bond acceptors (Lipinski definition) is 6. The predicted molar refractivity (Wildman–Crippen MR) is 103 cm³/mol. The predicted octanol–water partition coefficient (Wildman–Crippen LogP) is 2.82. The molecule has 0 aromatic carbocycles. The summed E-state index contributed by atoms with van der Waals surface area (Å²) in [6, 6.07) is 7.75. The molecule has 126 valence electrons. The molecule has 4 aromatic rings. The van der Waals surface area contributed by atoms with Crippen LogP contribution >= 0.6 is 22.6 Å². The van der Waals surface area contributed by atoms with Crippen molar-refractivity contribution in [1.82, 2.24) is 34.6 Å². The van der Waals surface area contributed by atoms with Crippen molar-refractivity contribution in [2.24, 2.45) is 0 Å². The molecule has 0 spiro atoms. The van der Waals surface area contributed by atoms with Gasteiger partial charge >= 0.3 is 0 Å². The van der Waals surface area contributed by atoms with E-state index in [2.05, 4.69) is 47.9 Å². The van der Waals surface area contributed by atoms with Gasteiger partial charge in [-0.3, -0.25) is 0 Å². The van der Waals surface area contributed by atoms with Crippen LogP contribution in [-0.4, -0.2) is 34.6 Å². The Labute approximate surface area is 157 Å². The van der Waals surface area contributed by atoms with Crippen LogP contribution in [-0.2, 0) is 0 Å². The first kappa shape index (κ1) is 15.9. The minimum Gasteiger partial charge on any atom is -0.383 e. The van der Waals surface area contributed by atoms with Gasteiger partial charge in [0.25, 0.3) is 0 Å². The molecule has 4 rings (SSSR count). The Morgan fingerprint density at radius 2 is 1.96 bits per heavy atom. The number of aromatic nitrogens is 7. The quantitative estimate of drug-likeness (QED) is 0.486. The number of rotatable bonds is 3. The molecule has 2 N–H and O–H groups in total. The summed E-state index contributed by atoms with van der Waals surface area (Å²) in [5, 5.41) is 13.4. The van der Waals surface area contributed by atoms with Crippen molar-refractivity contribution in [3.8, 4) is 22.6 Å². The Bertz CT molecular complexity index is 1070. The lowest BCUT2D eigenvalue weighted by Crippen LogP contribution is -2.04. The van der Waals surface area contributed by atoms with Gasteiger partial charge in [0.15, 0.2) is 5.65 Å². The van der Waals surface area contributed by atoms with Gasteiger partial charge in [0.1, 0.15) is 26.6 Å². The third kappa shape index (κ3) is 2.73. The van der Waals surface area contributed by atoms with Crippen molar-refractivity contribution < 1.29 is 0 Å². The number of nitrogen functional groups attached to an aromatic ring is 1. The maximum absolute atomic E-state index is 5.99. The van der Waals surface area contributed by atoms with Crippen molar-refractivity contribution in [2.75, 3.05) is 5.73 Å². The molecule has 0 aliphatic rings. The molecular formula is C16H15IN8. The van der Waals surface area contributed by atoms with Gasteiger partial charge in [-0.25, -0.2) is 14.5 Å². The van der Waals surface area contributed by atoms with Gasteiger partial charge in [-0.05, 0) is 60.7 Å². The second-order valence-electron chi connectivity index (χ2n) is 5.82. The van der Waals surface area contributed by atoms with E-state index >= 15 is 0 Å². The second-order valence-corrected chi connectivity index (χ2v) is 6.84. The van der Waals surface area contributed by atoms with E-state index in [9.17, 15) is 0 Å². The normalized spacial score (nSPS) is 11.5. The van der Waals surface area contributed by atoms with Crippen LogP contribution in [0.5, 0.6) is 0 Å². The average molecular weight is 446 g/mol. The average Bonchev–Trinajstić information content (AvgIpc) is 3.21. The zero-order chi connectivity index (χ0) is 17.6. The van der Waals surface area contributed by atoms with E-state index < -0.39 is 0 Å². The third-order valence-electron chi connectivity index (χ3n) is 3.75. The van der Waals surface area contributed by atoms with E-state index in [4.69, 9.17) is 5.73 Å².